The van der Waals surface area contributed by atoms with Crippen LogP contribution in [-0.2, 0) is 4.79 Å². The van der Waals surface area contributed by atoms with Gasteiger partial charge in [-0.2, -0.15) is 0 Å². The first kappa shape index (κ1) is 13.1. The van der Waals surface area contributed by atoms with E-state index in [1.807, 2.05) is 25.1 Å². The smallest absolute Gasteiger partial charge is 0.241 e. The quantitative estimate of drug-likeness (QED) is 0.838. The van der Waals surface area contributed by atoms with Crippen LogP contribution < -0.4 is 10.6 Å². The lowest BCUT2D eigenvalue weighted by Gasteiger charge is -2.17. The second-order valence-electron chi connectivity index (χ2n) is 5.39. The van der Waals surface area contributed by atoms with Crippen molar-refractivity contribution in [1.29, 1.82) is 0 Å². The van der Waals surface area contributed by atoms with Gasteiger partial charge in [0.15, 0.2) is 0 Å². The molecule has 1 fully saturated rings. The van der Waals surface area contributed by atoms with E-state index in [-0.39, 0.29) is 11.9 Å². The van der Waals surface area contributed by atoms with Crippen LogP contribution in [0.2, 0.25) is 0 Å². The van der Waals surface area contributed by atoms with E-state index in [1.54, 1.807) is 0 Å². The van der Waals surface area contributed by atoms with Crippen molar-refractivity contribution < 1.29 is 4.79 Å². The zero-order chi connectivity index (χ0) is 13.1. The summed E-state index contributed by atoms with van der Waals surface area (Å²) < 4.78 is 0. The lowest BCUT2D eigenvalue weighted by molar-refractivity contribution is -0.117. The average molecular weight is 246 g/mol. The average Bonchev–Trinajstić information content (AvgIpc) is 3.13. The fourth-order valence-corrected chi connectivity index (χ4v) is 2.03. The van der Waals surface area contributed by atoms with E-state index in [0.29, 0.717) is 12.0 Å². The Morgan fingerprint density at radius 3 is 2.50 bits per heavy atom. The lowest BCUT2D eigenvalue weighted by atomic mass is 10.0. The predicted molar refractivity (Wildman–Crippen MR) is 74.8 cm³/mol. The van der Waals surface area contributed by atoms with Crippen LogP contribution in [0.4, 0.5) is 5.69 Å². The predicted octanol–water partition coefficient (Wildman–Crippen LogP) is 2.89. The molecule has 18 heavy (non-hydrogen) atoms. The summed E-state index contributed by atoms with van der Waals surface area (Å²) in [6, 6.07) is 8.43. The first-order chi connectivity index (χ1) is 8.58. The summed E-state index contributed by atoms with van der Waals surface area (Å²) in [5, 5.41) is 6.33. The molecule has 3 heteroatoms. The van der Waals surface area contributed by atoms with Crippen LogP contribution in [0.3, 0.4) is 0 Å². The third-order valence-corrected chi connectivity index (χ3v) is 3.30. The normalized spacial score (nSPS) is 16.7. The van der Waals surface area contributed by atoms with Gasteiger partial charge in [-0.15, -0.1) is 0 Å². The minimum absolute atomic E-state index is 0.0509. The number of rotatable bonds is 5. The van der Waals surface area contributed by atoms with Gasteiger partial charge in [-0.3, -0.25) is 4.79 Å². The van der Waals surface area contributed by atoms with E-state index in [4.69, 9.17) is 0 Å². The molecular formula is C15H22N2O. The maximum Gasteiger partial charge on any atom is 0.241 e. The van der Waals surface area contributed by atoms with Gasteiger partial charge < -0.3 is 10.6 Å². The van der Waals surface area contributed by atoms with Crippen molar-refractivity contribution in [3.05, 3.63) is 29.8 Å². The molecule has 1 aliphatic rings. The number of anilines is 1. The second kappa shape index (κ2) is 5.53. The number of hydrogen-bond donors (Lipinski definition) is 2. The Balaban J connectivity index is 2.01. The Hall–Kier alpha value is -1.35. The van der Waals surface area contributed by atoms with Gasteiger partial charge in [0, 0.05) is 11.7 Å². The third kappa shape index (κ3) is 3.33. The molecule has 0 aliphatic heterocycles. The summed E-state index contributed by atoms with van der Waals surface area (Å²) in [5.41, 5.74) is 2.12. The molecule has 1 unspecified atom stereocenters. The topological polar surface area (TPSA) is 41.1 Å². The van der Waals surface area contributed by atoms with Crippen LogP contribution in [0.25, 0.3) is 0 Å². The van der Waals surface area contributed by atoms with E-state index in [9.17, 15) is 4.79 Å². The molecule has 0 spiro atoms. The Labute approximate surface area is 109 Å². The number of para-hydroxylation sites is 1. The van der Waals surface area contributed by atoms with Crippen molar-refractivity contribution in [1.82, 2.24) is 5.32 Å². The molecule has 2 N–H and O–H groups in total. The summed E-state index contributed by atoms with van der Waals surface area (Å²) in [6.07, 6.45) is 2.39. The van der Waals surface area contributed by atoms with Crippen LogP contribution in [0.15, 0.2) is 24.3 Å². The van der Waals surface area contributed by atoms with Crippen molar-refractivity contribution in [3.63, 3.8) is 0 Å². The minimum Gasteiger partial charge on any atom is -0.324 e. The maximum absolute atomic E-state index is 12.1. The SMILES string of the molecule is CC(NC1CC1)C(=O)Nc1ccccc1C(C)C. The molecule has 0 bridgehead atoms. The van der Waals surface area contributed by atoms with E-state index in [1.165, 1.54) is 18.4 Å². The van der Waals surface area contributed by atoms with Crippen molar-refractivity contribution in [3.8, 4) is 0 Å². The highest BCUT2D eigenvalue weighted by Gasteiger charge is 2.25. The van der Waals surface area contributed by atoms with Crippen LogP contribution >= 0.6 is 0 Å². The number of carbonyl (C=O) groups excluding carboxylic acids is 1. The molecule has 0 radical (unpaired) electrons. The van der Waals surface area contributed by atoms with Crippen molar-refractivity contribution in [2.75, 3.05) is 5.32 Å². The summed E-state index contributed by atoms with van der Waals surface area (Å²) in [6.45, 7) is 6.19. The summed E-state index contributed by atoms with van der Waals surface area (Å²) >= 11 is 0. The Bertz CT molecular complexity index is 424. The van der Waals surface area contributed by atoms with Gasteiger partial charge in [-0.1, -0.05) is 32.0 Å². The molecule has 1 atom stereocenters. The molecular weight excluding hydrogens is 224 g/mol. The highest BCUT2D eigenvalue weighted by atomic mass is 16.2. The third-order valence-electron chi connectivity index (χ3n) is 3.30. The van der Waals surface area contributed by atoms with Crippen LogP contribution in [0.5, 0.6) is 0 Å². The van der Waals surface area contributed by atoms with Crippen LogP contribution in [-0.4, -0.2) is 18.0 Å². The standard InChI is InChI=1S/C15H22N2O/c1-10(2)13-6-4-5-7-14(13)17-15(18)11(3)16-12-8-9-12/h4-7,10-12,16H,8-9H2,1-3H3,(H,17,18). The van der Waals surface area contributed by atoms with Gasteiger partial charge in [-0.25, -0.2) is 0 Å². The second-order valence-corrected chi connectivity index (χ2v) is 5.39. The Morgan fingerprint density at radius 2 is 1.89 bits per heavy atom. The van der Waals surface area contributed by atoms with Crippen LogP contribution in [0, 0.1) is 0 Å². The monoisotopic (exact) mass is 246 g/mol. The molecule has 0 saturated heterocycles. The number of carbonyl (C=O) groups is 1. The molecule has 98 valence electrons. The first-order valence-electron chi connectivity index (χ1n) is 6.73. The zero-order valence-corrected chi connectivity index (χ0v) is 11.4. The number of amides is 1. The van der Waals surface area contributed by atoms with Crippen molar-refractivity contribution >= 4 is 11.6 Å². The number of nitrogens with one attached hydrogen (secondary N) is 2. The highest BCUT2D eigenvalue weighted by Crippen LogP contribution is 2.24. The Morgan fingerprint density at radius 1 is 1.22 bits per heavy atom. The van der Waals surface area contributed by atoms with Crippen molar-refractivity contribution in [2.24, 2.45) is 0 Å². The van der Waals surface area contributed by atoms with E-state index in [0.717, 1.165) is 5.69 Å². The van der Waals surface area contributed by atoms with Gasteiger partial charge in [0.2, 0.25) is 5.91 Å². The van der Waals surface area contributed by atoms with Crippen molar-refractivity contribution in [2.45, 2.75) is 51.6 Å². The highest BCUT2D eigenvalue weighted by molar-refractivity contribution is 5.95. The fourth-order valence-electron chi connectivity index (χ4n) is 2.03. The van der Waals surface area contributed by atoms with E-state index >= 15 is 0 Å². The molecule has 2 rings (SSSR count). The van der Waals surface area contributed by atoms with Gasteiger partial charge >= 0.3 is 0 Å². The molecule has 1 amide bonds. The molecule has 0 heterocycles. The van der Waals surface area contributed by atoms with Gasteiger partial charge in [0.05, 0.1) is 6.04 Å². The molecule has 1 aromatic carbocycles. The summed E-state index contributed by atoms with van der Waals surface area (Å²) in [4.78, 5) is 12.1. The summed E-state index contributed by atoms with van der Waals surface area (Å²) in [7, 11) is 0. The number of benzene rings is 1. The van der Waals surface area contributed by atoms with Gasteiger partial charge in [0.25, 0.3) is 0 Å². The lowest BCUT2D eigenvalue weighted by Crippen LogP contribution is -2.39. The largest absolute Gasteiger partial charge is 0.324 e. The molecule has 0 aromatic heterocycles. The first-order valence-corrected chi connectivity index (χ1v) is 6.73. The minimum atomic E-state index is -0.127. The van der Waals surface area contributed by atoms with Gasteiger partial charge in [-0.05, 0) is 37.3 Å². The molecule has 1 saturated carbocycles. The molecule has 1 aliphatic carbocycles. The zero-order valence-electron chi connectivity index (χ0n) is 11.4. The number of hydrogen-bond acceptors (Lipinski definition) is 2. The maximum atomic E-state index is 12.1. The van der Waals surface area contributed by atoms with Gasteiger partial charge in [0.1, 0.15) is 0 Å². The van der Waals surface area contributed by atoms with E-state index < -0.39 is 0 Å². The Kier molecular flexibility index (Phi) is 4.02. The molecule has 3 nitrogen and oxygen atoms in total. The molecule has 1 aromatic rings. The fraction of sp³-hybridized carbons (Fsp3) is 0.533. The van der Waals surface area contributed by atoms with Crippen LogP contribution in [0.1, 0.15) is 45.1 Å². The summed E-state index contributed by atoms with van der Waals surface area (Å²) in [5.74, 6) is 0.461. The van der Waals surface area contributed by atoms with E-state index in [2.05, 4.69) is 30.5 Å².